The van der Waals surface area contributed by atoms with Crippen LogP contribution in [0.1, 0.15) is 53.9 Å². The summed E-state index contributed by atoms with van der Waals surface area (Å²) in [6.07, 6.45) is 2.87. The average molecular weight is 228 g/mol. The van der Waals surface area contributed by atoms with E-state index in [0.717, 1.165) is 19.3 Å². The zero-order valence-corrected chi connectivity index (χ0v) is 11.5. The van der Waals surface area contributed by atoms with Crippen molar-refractivity contribution in [2.45, 2.75) is 59.9 Å². The maximum absolute atomic E-state index is 12.4. The summed E-state index contributed by atoms with van der Waals surface area (Å²) >= 11 is 0. The van der Waals surface area contributed by atoms with Crippen molar-refractivity contribution in [1.29, 1.82) is 0 Å². The first-order valence-electron chi connectivity index (χ1n) is 6.45. The van der Waals surface area contributed by atoms with Crippen LogP contribution in [-0.2, 0) is 4.79 Å². The highest BCUT2D eigenvalue weighted by molar-refractivity contribution is 5.82. The number of rotatable bonds is 7. The van der Waals surface area contributed by atoms with Crippen LogP contribution in [-0.4, -0.2) is 29.9 Å². The summed E-state index contributed by atoms with van der Waals surface area (Å²) in [7, 11) is 0. The van der Waals surface area contributed by atoms with Crippen molar-refractivity contribution in [3.8, 4) is 0 Å². The van der Waals surface area contributed by atoms with Gasteiger partial charge in [0.1, 0.15) is 0 Å². The van der Waals surface area contributed by atoms with Crippen LogP contribution in [0.15, 0.2) is 0 Å². The third-order valence-electron chi connectivity index (χ3n) is 3.48. The molecule has 16 heavy (non-hydrogen) atoms. The van der Waals surface area contributed by atoms with E-state index >= 15 is 0 Å². The summed E-state index contributed by atoms with van der Waals surface area (Å²) in [4.78, 5) is 14.4. The molecule has 3 nitrogen and oxygen atoms in total. The summed E-state index contributed by atoms with van der Waals surface area (Å²) in [5, 5.41) is 0. The summed E-state index contributed by atoms with van der Waals surface area (Å²) in [5.74, 6) is 0.245. The van der Waals surface area contributed by atoms with E-state index in [1.807, 2.05) is 18.7 Å². The molecule has 0 aromatic carbocycles. The Morgan fingerprint density at radius 3 is 2.06 bits per heavy atom. The van der Waals surface area contributed by atoms with E-state index in [-0.39, 0.29) is 11.3 Å². The van der Waals surface area contributed by atoms with Gasteiger partial charge in [0, 0.05) is 24.5 Å². The van der Waals surface area contributed by atoms with Crippen LogP contribution in [0.4, 0.5) is 0 Å². The van der Waals surface area contributed by atoms with Gasteiger partial charge in [-0.25, -0.2) is 0 Å². The maximum Gasteiger partial charge on any atom is 0.228 e. The van der Waals surface area contributed by atoms with E-state index in [0.29, 0.717) is 19.1 Å². The van der Waals surface area contributed by atoms with Gasteiger partial charge in [0.2, 0.25) is 5.91 Å². The molecule has 0 aliphatic rings. The SMILES string of the molecule is CCC(CC)N(CCN)C(=O)C(C)(C)CC. The Bertz CT molecular complexity index is 210. The Kier molecular flexibility index (Phi) is 6.65. The lowest BCUT2D eigenvalue weighted by Crippen LogP contribution is -2.48. The highest BCUT2D eigenvalue weighted by Gasteiger charge is 2.32. The first-order valence-corrected chi connectivity index (χ1v) is 6.45. The van der Waals surface area contributed by atoms with E-state index in [2.05, 4.69) is 20.8 Å². The van der Waals surface area contributed by atoms with Gasteiger partial charge in [-0.2, -0.15) is 0 Å². The molecule has 96 valence electrons. The van der Waals surface area contributed by atoms with Crippen molar-refractivity contribution in [3.05, 3.63) is 0 Å². The van der Waals surface area contributed by atoms with Gasteiger partial charge in [0.25, 0.3) is 0 Å². The highest BCUT2D eigenvalue weighted by Crippen LogP contribution is 2.25. The van der Waals surface area contributed by atoms with E-state index in [4.69, 9.17) is 5.73 Å². The van der Waals surface area contributed by atoms with Gasteiger partial charge < -0.3 is 10.6 Å². The largest absolute Gasteiger partial charge is 0.338 e. The molecule has 0 saturated carbocycles. The van der Waals surface area contributed by atoms with Crippen LogP contribution >= 0.6 is 0 Å². The van der Waals surface area contributed by atoms with Gasteiger partial charge in [-0.15, -0.1) is 0 Å². The van der Waals surface area contributed by atoms with Gasteiger partial charge >= 0.3 is 0 Å². The Labute approximate surface area is 100 Å². The minimum atomic E-state index is -0.266. The van der Waals surface area contributed by atoms with E-state index in [9.17, 15) is 4.79 Å². The molecule has 0 aliphatic heterocycles. The Morgan fingerprint density at radius 1 is 1.25 bits per heavy atom. The Morgan fingerprint density at radius 2 is 1.75 bits per heavy atom. The quantitative estimate of drug-likeness (QED) is 0.727. The van der Waals surface area contributed by atoms with Crippen molar-refractivity contribution < 1.29 is 4.79 Å². The zero-order chi connectivity index (χ0) is 12.8. The number of nitrogens with two attached hydrogens (primary N) is 1. The molecular formula is C13H28N2O. The van der Waals surface area contributed by atoms with E-state index in [1.54, 1.807) is 0 Å². The zero-order valence-electron chi connectivity index (χ0n) is 11.5. The topological polar surface area (TPSA) is 46.3 Å². The summed E-state index contributed by atoms with van der Waals surface area (Å²) < 4.78 is 0. The smallest absolute Gasteiger partial charge is 0.228 e. The molecule has 0 heterocycles. The molecule has 1 amide bonds. The van der Waals surface area contributed by atoms with Gasteiger partial charge in [-0.05, 0) is 19.3 Å². The van der Waals surface area contributed by atoms with Crippen molar-refractivity contribution in [2.75, 3.05) is 13.1 Å². The van der Waals surface area contributed by atoms with Crippen molar-refractivity contribution in [1.82, 2.24) is 4.90 Å². The first-order chi connectivity index (χ1) is 7.44. The van der Waals surface area contributed by atoms with Gasteiger partial charge in [-0.1, -0.05) is 34.6 Å². The average Bonchev–Trinajstić information content (AvgIpc) is 2.28. The van der Waals surface area contributed by atoms with Crippen molar-refractivity contribution in [2.24, 2.45) is 11.1 Å². The van der Waals surface area contributed by atoms with Crippen molar-refractivity contribution in [3.63, 3.8) is 0 Å². The van der Waals surface area contributed by atoms with Crippen LogP contribution in [0.2, 0.25) is 0 Å². The maximum atomic E-state index is 12.4. The lowest BCUT2D eigenvalue weighted by molar-refractivity contribution is -0.143. The number of hydrogen-bond acceptors (Lipinski definition) is 2. The number of amides is 1. The monoisotopic (exact) mass is 228 g/mol. The van der Waals surface area contributed by atoms with Gasteiger partial charge in [0.05, 0.1) is 0 Å². The predicted octanol–water partition coefficient (Wildman–Crippen LogP) is 2.40. The van der Waals surface area contributed by atoms with Crippen LogP contribution in [0, 0.1) is 5.41 Å². The van der Waals surface area contributed by atoms with Crippen LogP contribution < -0.4 is 5.73 Å². The lowest BCUT2D eigenvalue weighted by Gasteiger charge is -2.36. The highest BCUT2D eigenvalue weighted by atomic mass is 16.2. The normalized spacial score (nSPS) is 11.9. The molecule has 0 aromatic rings. The Hall–Kier alpha value is -0.570. The molecule has 0 bridgehead atoms. The van der Waals surface area contributed by atoms with Gasteiger partial charge in [0.15, 0.2) is 0 Å². The van der Waals surface area contributed by atoms with Crippen LogP contribution in [0.25, 0.3) is 0 Å². The first kappa shape index (κ1) is 15.4. The molecular weight excluding hydrogens is 200 g/mol. The third kappa shape index (κ3) is 3.78. The third-order valence-corrected chi connectivity index (χ3v) is 3.48. The number of hydrogen-bond donors (Lipinski definition) is 1. The summed E-state index contributed by atoms with van der Waals surface area (Å²) in [6.45, 7) is 11.6. The molecule has 0 aliphatic carbocycles. The standard InChI is InChI=1S/C13H28N2O/c1-6-11(7-2)15(10-9-14)12(16)13(4,5)8-3/h11H,6-10,14H2,1-5H3. The second-order valence-corrected chi connectivity index (χ2v) is 4.99. The molecule has 0 saturated heterocycles. The second-order valence-electron chi connectivity index (χ2n) is 4.99. The molecule has 2 N–H and O–H groups in total. The number of carbonyl (C=O) groups excluding carboxylic acids is 1. The Balaban J connectivity index is 4.83. The molecule has 0 unspecified atom stereocenters. The number of nitrogens with zero attached hydrogens (tertiary/aromatic N) is 1. The van der Waals surface area contributed by atoms with Crippen molar-refractivity contribution >= 4 is 5.91 Å². The molecule has 0 fully saturated rings. The fraction of sp³-hybridized carbons (Fsp3) is 0.923. The summed E-state index contributed by atoms with van der Waals surface area (Å²) in [5.41, 5.74) is 5.34. The minimum Gasteiger partial charge on any atom is -0.338 e. The fourth-order valence-electron chi connectivity index (χ4n) is 1.86. The molecule has 0 rings (SSSR count). The van der Waals surface area contributed by atoms with Gasteiger partial charge in [-0.3, -0.25) is 4.79 Å². The van der Waals surface area contributed by atoms with E-state index < -0.39 is 0 Å². The molecule has 0 aromatic heterocycles. The molecule has 3 heteroatoms. The second kappa shape index (κ2) is 6.89. The predicted molar refractivity (Wildman–Crippen MR) is 69.2 cm³/mol. The molecule has 0 spiro atoms. The minimum absolute atomic E-state index is 0.245. The van der Waals surface area contributed by atoms with E-state index in [1.165, 1.54) is 0 Å². The van der Waals surface area contributed by atoms with Crippen LogP contribution in [0.5, 0.6) is 0 Å². The lowest BCUT2D eigenvalue weighted by atomic mass is 9.87. The summed E-state index contributed by atoms with van der Waals surface area (Å²) in [6, 6.07) is 0.335. The number of carbonyl (C=O) groups is 1. The molecule has 0 atom stereocenters. The molecule has 0 radical (unpaired) electrons. The van der Waals surface area contributed by atoms with Crippen LogP contribution in [0.3, 0.4) is 0 Å². The fourth-order valence-corrected chi connectivity index (χ4v) is 1.86.